The van der Waals surface area contributed by atoms with Crippen LogP contribution in [0.5, 0.6) is 23.0 Å². The van der Waals surface area contributed by atoms with Crippen molar-refractivity contribution in [3.63, 3.8) is 0 Å². The summed E-state index contributed by atoms with van der Waals surface area (Å²) in [6, 6.07) is 7.98. The summed E-state index contributed by atoms with van der Waals surface area (Å²) in [5.74, 6) is -2.50. The van der Waals surface area contributed by atoms with Gasteiger partial charge in [0.05, 0.1) is 19.8 Å². The van der Waals surface area contributed by atoms with Gasteiger partial charge in [-0.15, -0.1) is 0 Å². The number of nitrogens with one attached hydrogen (secondary N) is 1. The Morgan fingerprint density at radius 3 is 2.66 bits per heavy atom. The van der Waals surface area contributed by atoms with Gasteiger partial charge in [0.2, 0.25) is 11.7 Å². The molecule has 0 radical (unpaired) electrons. The lowest BCUT2D eigenvalue weighted by Crippen LogP contribution is -2.31. The molecule has 1 atom stereocenters. The minimum absolute atomic E-state index is 0.269. The number of carbonyl (C=O) groups is 1. The largest absolute Gasteiger partial charge is 0.490 e. The minimum atomic E-state index is -3.54. The van der Waals surface area contributed by atoms with Crippen molar-refractivity contribution in [1.29, 1.82) is 0 Å². The molecule has 0 fully saturated rings. The van der Waals surface area contributed by atoms with Crippen molar-refractivity contribution in [3.05, 3.63) is 60.2 Å². The van der Waals surface area contributed by atoms with E-state index in [9.17, 15) is 18.0 Å². The van der Waals surface area contributed by atoms with Crippen LogP contribution in [0.2, 0.25) is 0 Å². The van der Waals surface area contributed by atoms with Gasteiger partial charge in [-0.25, -0.2) is 4.39 Å². The molecule has 29 heavy (non-hydrogen) atoms. The van der Waals surface area contributed by atoms with Crippen LogP contribution in [0.25, 0.3) is 0 Å². The van der Waals surface area contributed by atoms with Crippen LogP contribution in [0.1, 0.15) is 23.6 Å². The maximum Gasteiger partial charge on any atom is 0.301 e. The highest BCUT2D eigenvalue weighted by atomic mass is 19.3. The maximum absolute atomic E-state index is 13.4. The van der Waals surface area contributed by atoms with Crippen molar-refractivity contribution in [2.75, 3.05) is 20.4 Å². The fourth-order valence-electron chi connectivity index (χ4n) is 3.04. The molecule has 1 amide bonds. The molecule has 1 aliphatic rings. The number of halogens is 3. The molecule has 1 unspecified atom stereocenters. The summed E-state index contributed by atoms with van der Waals surface area (Å²) in [7, 11) is 1.45. The van der Waals surface area contributed by atoms with E-state index in [2.05, 4.69) is 11.9 Å². The molecule has 1 N–H and O–H groups in total. The van der Waals surface area contributed by atoms with Crippen LogP contribution in [0.3, 0.4) is 0 Å². The number of carbonyl (C=O) groups excluding carboxylic acids is 1. The molecular weight excluding hydrogens is 387 g/mol. The van der Waals surface area contributed by atoms with Crippen LogP contribution in [-0.2, 0) is 10.7 Å². The van der Waals surface area contributed by atoms with E-state index in [0.717, 1.165) is 17.7 Å². The predicted octanol–water partition coefficient (Wildman–Crippen LogP) is 4.67. The first-order chi connectivity index (χ1) is 13.9. The molecule has 1 heterocycles. The zero-order valence-corrected chi connectivity index (χ0v) is 15.7. The summed E-state index contributed by atoms with van der Waals surface area (Å²) in [4.78, 5) is 11.7. The lowest BCUT2D eigenvalue weighted by atomic mass is 9.99. The van der Waals surface area contributed by atoms with Crippen molar-refractivity contribution < 1.29 is 32.2 Å². The van der Waals surface area contributed by atoms with Crippen LogP contribution in [-0.4, -0.2) is 26.3 Å². The number of fused-ring (bicyclic) bond motifs is 1. The number of rotatable bonds is 7. The number of alkyl halides is 3. The minimum Gasteiger partial charge on any atom is -0.490 e. The van der Waals surface area contributed by atoms with Gasteiger partial charge < -0.3 is 19.5 Å². The topological polar surface area (TPSA) is 56.8 Å². The molecule has 0 aliphatic carbocycles. The highest BCUT2D eigenvalue weighted by molar-refractivity contribution is 5.87. The zero-order chi connectivity index (χ0) is 21.0. The second kappa shape index (κ2) is 8.46. The van der Waals surface area contributed by atoms with E-state index < -0.39 is 18.2 Å². The van der Waals surface area contributed by atoms with Gasteiger partial charge in [0.25, 0.3) is 0 Å². The van der Waals surface area contributed by atoms with Gasteiger partial charge >= 0.3 is 5.92 Å². The van der Waals surface area contributed by atoms with Gasteiger partial charge in [-0.05, 0) is 42.5 Å². The molecule has 1 aliphatic heterocycles. The van der Waals surface area contributed by atoms with Gasteiger partial charge in [0.15, 0.2) is 18.2 Å². The number of amides is 1. The van der Waals surface area contributed by atoms with E-state index in [4.69, 9.17) is 14.2 Å². The predicted molar refractivity (Wildman–Crippen MR) is 101 cm³/mol. The van der Waals surface area contributed by atoms with E-state index in [1.807, 2.05) is 0 Å². The fourth-order valence-corrected chi connectivity index (χ4v) is 3.04. The Morgan fingerprint density at radius 1 is 1.31 bits per heavy atom. The second-order valence-electron chi connectivity index (χ2n) is 6.38. The van der Waals surface area contributed by atoms with Crippen LogP contribution in [0.4, 0.5) is 13.2 Å². The van der Waals surface area contributed by atoms with Crippen molar-refractivity contribution in [3.8, 4) is 23.0 Å². The number of benzene rings is 2. The smallest absolute Gasteiger partial charge is 0.301 e. The lowest BCUT2D eigenvalue weighted by Gasteiger charge is -2.28. The summed E-state index contributed by atoms with van der Waals surface area (Å²) in [6.45, 7) is 2.04. The molecule has 154 valence electrons. The average molecular weight is 407 g/mol. The molecule has 0 spiro atoms. The highest BCUT2D eigenvalue weighted by Gasteiger charge is 2.31. The SMILES string of the molecule is C=CC(=O)NC1CCOc2c1ccc(Oc1ccc(C(F)(F)CF)cc1)c2OC. The highest BCUT2D eigenvalue weighted by Crippen LogP contribution is 2.46. The monoisotopic (exact) mass is 407 g/mol. The molecule has 3 rings (SSSR count). The van der Waals surface area contributed by atoms with Crippen molar-refractivity contribution in [1.82, 2.24) is 5.32 Å². The fraction of sp³-hybridized carbons (Fsp3) is 0.286. The number of methoxy groups -OCH3 is 1. The molecular formula is C21H20F3NO4. The quantitative estimate of drug-likeness (QED) is 0.678. The Kier molecular flexibility index (Phi) is 6.00. The number of hydrogen-bond acceptors (Lipinski definition) is 4. The Balaban J connectivity index is 1.87. The second-order valence-corrected chi connectivity index (χ2v) is 6.38. The van der Waals surface area contributed by atoms with Gasteiger partial charge in [-0.2, -0.15) is 8.78 Å². The third-order valence-corrected chi connectivity index (χ3v) is 4.51. The lowest BCUT2D eigenvalue weighted by molar-refractivity contribution is -0.117. The first-order valence-electron chi connectivity index (χ1n) is 8.88. The molecule has 5 nitrogen and oxygen atoms in total. The summed E-state index contributed by atoms with van der Waals surface area (Å²) in [6.07, 6.45) is 1.78. The summed E-state index contributed by atoms with van der Waals surface area (Å²) < 4.78 is 56.2. The molecule has 0 saturated heterocycles. The number of hydrogen-bond donors (Lipinski definition) is 1. The third kappa shape index (κ3) is 4.31. The van der Waals surface area contributed by atoms with Crippen molar-refractivity contribution >= 4 is 5.91 Å². The summed E-state index contributed by atoms with van der Waals surface area (Å²) in [5, 5.41) is 2.84. The van der Waals surface area contributed by atoms with E-state index in [1.54, 1.807) is 12.1 Å². The molecule has 0 bridgehead atoms. The Labute approximate surface area is 166 Å². The average Bonchev–Trinajstić information content (AvgIpc) is 2.74. The van der Waals surface area contributed by atoms with Crippen LogP contribution >= 0.6 is 0 Å². The van der Waals surface area contributed by atoms with Crippen LogP contribution in [0, 0.1) is 0 Å². The van der Waals surface area contributed by atoms with E-state index in [0.29, 0.717) is 30.3 Å². The van der Waals surface area contributed by atoms with Gasteiger partial charge in [-0.1, -0.05) is 6.58 Å². The zero-order valence-electron chi connectivity index (χ0n) is 15.7. The first-order valence-corrected chi connectivity index (χ1v) is 8.88. The van der Waals surface area contributed by atoms with Crippen LogP contribution in [0.15, 0.2) is 49.1 Å². The standard InChI is InChI=1S/C21H20F3NO4/c1-3-18(26)25-16-10-11-28-19-15(16)8-9-17(20(19)27-2)29-14-6-4-13(5-7-14)21(23,24)12-22/h3-9,16H,1,10-12H2,2H3,(H,25,26). The van der Waals surface area contributed by atoms with Gasteiger partial charge in [0, 0.05) is 17.5 Å². The Hall–Kier alpha value is -3.16. The van der Waals surface area contributed by atoms with Crippen molar-refractivity contribution in [2.45, 2.75) is 18.4 Å². The van der Waals surface area contributed by atoms with Crippen LogP contribution < -0.4 is 19.5 Å². The third-order valence-electron chi connectivity index (χ3n) is 4.51. The normalized spacial score (nSPS) is 15.7. The first kappa shape index (κ1) is 20.6. The summed E-state index contributed by atoms with van der Waals surface area (Å²) in [5.41, 5.74) is 0.294. The summed E-state index contributed by atoms with van der Waals surface area (Å²) >= 11 is 0. The molecule has 8 heteroatoms. The molecule has 2 aromatic rings. The maximum atomic E-state index is 13.4. The van der Waals surface area contributed by atoms with Crippen molar-refractivity contribution in [2.24, 2.45) is 0 Å². The van der Waals surface area contributed by atoms with E-state index in [1.165, 1.54) is 25.3 Å². The Morgan fingerprint density at radius 2 is 2.03 bits per heavy atom. The van der Waals surface area contributed by atoms with Gasteiger partial charge in [-0.3, -0.25) is 4.79 Å². The number of ether oxygens (including phenoxy) is 3. The molecule has 2 aromatic carbocycles. The molecule has 0 saturated carbocycles. The Bertz CT molecular complexity index is 900. The van der Waals surface area contributed by atoms with E-state index in [-0.39, 0.29) is 17.7 Å². The molecule has 0 aromatic heterocycles. The van der Waals surface area contributed by atoms with E-state index >= 15 is 0 Å². The van der Waals surface area contributed by atoms with Gasteiger partial charge in [0.1, 0.15) is 5.75 Å².